The largest absolute Gasteiger partial charge is 0.399 e. The van der Waals surface area contributed by atoms with Crippen LogP contribution in [0.5, 0.6) is 0 Å². The van der Waals surface area contributed by atoms with Gasteiger partial charge in [-0.2, -0.15) is 0 Å². The zero-order chi connectivity index (χ0) is 16.2. The van der Waals surface area contributed by atoms with Crippen LogP contribution in [0.25, 0.3) is 0 Å². The van der Waals surface area contributed by atoms with Gasteiger partial charge in [-0.05, 0) is 24.6 Å². The molecule has 0 unspecified atom stereocenters. The maximum absolute atomic E-state index is 11.5. The highest BCUT2D eigenvalue weighted by atomic mass is 32.2. The Bertz CT molecular complexity index is 628. The fraction of sp³-hybridized carbons (Fsp3) is 0.417. The van der Waals surface area contributed by atoms with E-state index in [0.717, 1.165) is 0 Å². The lowest BCUT2D eigenvalue weighted by Crippen LogP contribution is -2.37. The summed E-state index contributed by atoms with van der Waals surface area (Å²) in [6, 6.07) is 2.74. The Kier molecular flexibility index (Phi) is 5.39. The first kappa shape index (κ1) is 17.1. The van der Waals surface area contributed by atoms with Gasteiger partial charge in [-0.1, -0.05) is 0 Å². The van der Waals surface area contributed by atoms with Gasteiger partial charge >= 0.3 is 6.03 Å². The van der Waals surface area contributed by atoms with Crippen molar-refractivity contribution in [3.63, 3.8) is 0 Å². The van der Waals surface area contributed by atoms with Gasteiger partial charge in [-0.3, -0.25) is 0 Å². The van der Waals surface area contributed by atoms with E-state index in [4.69, 9.17) is 10.9 Å². The third-order valence-corrected chi connectivity index (χ3v) is 3.85. The molecule has 1 aromatic rings. The highest BCUT2D eigenvalue weighted by Crippen LogP contribution is 2.25. The molecule has 0 aliphatic rings. The summed E-state index contributed by atoms with van der Waals surface area (Å²) < 4.78 is 23.0. The second-order valence-electron chi connectivity index (χ2n) is 4.79. The number of rotatable bonds is 5. The van der Waals surface area contributed by atoms with Crippen molar-refractivity contribution in [2.24, 2.45) is 5.14 Å². The minimum absolute atomic E-state index is 0.0117. The molecule has 0 heterocycles. The number of amides is 2. The van der Waals surface area contributed by atoms with Crippen molar-refractivity contribution in [2.45, 2.75) is 11.8 Å². The molecule has 0 radical (unpaired) electrons. The number of anilines is 2. The van der Waals surface area contributed by atoms with Crippen LogP contribution in [0.3, 0.4) is 0 Å². The van der Waals surface area contributed by atoms with Crippen molar-refractivity contribution in [2.75, 3.05) is 38.2 Å². The van der Waals surface area contributed by atoms with Gasteiger partial charge < -0.3 is 21.3 Å². The van der Waals surface area contributed by atoms with Crippen LogP contribution in [0.15, 0.2) is 17.0 Å². The topological polar surface area (TPSA) is 131 Å². The maximum atomic E-state index is 11.5. The molecule has 0 bridgehead atoms. The predicted octanol–water partition coefficient (Wildman–Crippen LogP) is -0.0923. The molecule has 9 heteroatoms. The first-order valence-electron chi connectivity index (χ1n) is 6.25. The average Bonchev–Trinajstić information content (AvgIpc) is 2.36. The summed E-state index contributed by atoms with van der Waals surface area (Å²) in [4.78, 5) is 12.7. The van der Waals surface area contributed by atoms with E-state index in [1.54, 1.807) is 27.1 Å². The predicted molar refractivity (Wildman–Crippen MR) is 82.5 cm³/mol. The molecule has 118 valence electrons. The standard InChI is InChI=1S/C12H21N5O3S/c1-8-10(15-4-5-16-12(18)17(2)3)6-9(13)7-11(8)21(14,19)20/h6-7,15H,4-5,13H2,1-3H3,(H,16,18)(H2,14,19,20). The smallest absolute Gasteiger partial charge is 0.316 e. The quantitative estimate of drug-likeness (QED) is 0.445. The zero-order valence-corrected chi connectivity index (χ0v) is 13.1. The van der Waals surface area contributed by atoms with Gasteiger partial charge in [-0.25, -0.2) is 18.4 Å². The molecular formula is C12H21N5O3S. The van der Waals surface area contributed by atoms with Gasteiger partial charge in [0.25, 0.3) is 0 Å². The third kappa shape index (κ3) is 4.80. The van der Waals surface area contributed by atoms with Crippen LogP contribution in [0, 0.1) is 6.92 Å². The number of nitrogens with zero attached hydrogens (tertiary/aromatic N) is 1. The van der Waals surface area contributed by atoms with Crippen LogP contribution in [-0.4, -0.2) is 46.5 Å². The first-order chi connectivity index (χ1) is 9.62. The number of hydrogen-bond acceptors (Lipinski definition) is 5. The lowest BCUT2D eigenvalue weighted by atomic mass is 10.2. The molecule has 8 nitrogen and oxygen atoms in total. The molecule has 0 aliphatic carbocycles. The second kappa shape index (κ2) is 6.64. The van der Waals surface area contributed by atoms with E-state index < -0.39 is 10.0 Å². The monoisotopic (exact) mass is 315 g/mol. The van der Waals surface area contributed by atoms with E-state index in [0.29, 0.717) is 30.0 Å². The number of nitrogen functional groups attached to an aromatic ring is 1. The zero-order valence-electron chi connectivity index (χ0n) is 12.3. The van der Waals surface area contributed by atoms with Crippen LogP contribution >= 0.6 is 0 Å². The number of benzene rings is 1. The molecule has 0 spiro atoms. The van der Waals surface area contributed by atoms with Gasteiger partial charge in [0.1, 0.15) is 0 Å². The van der Waals surface area contributed by atoms with Crippen molar-refractivity contribution in [1.29, 1.82) is 0 Å². The van der Waals surface area contributed by atoms with Crippen molar-refractivity contribution in [3.8, 4) is 0 Å². The van der Waals surface area contributed by atoms with E-state index in [1.165, 1.54) is 11.0 Å². The van der Waals surface area contributed by atoms with Crippen LogP contribution in [-0.2, 0) is 10.0 Å². The third-order valence-electron chi connectivity index (χ3n) is 2.81. The number of carbonyl (C=O) groups excluding carboxylic acids is 1. The SMILES string of the molecule is Cc1c(NCCNC(=O)N(C)C)cc(N)cc1S(N)(=O)=O. The molecule has 0 fully saturated rings. The Morgan fingerprint density at radius 3 is 2.43 bits per heavy atom. The summed E-state index contributed by atoms with van der Waals surface area (Å²) in [5.41, 5.74) is 7.04. The normalized spacial score (nSPS) is 11.0. The molecule has 21 heavy (non-hydrogen) atoms. The van der Waals surface area contributed by atoms with Gasteiger partial charge in [-0.15, -0.1) is 0 Å². The Balaban J connectivity index is 2.77. The molecule has 0 saturated carbocycles. The average molecular weight is 315 g/mol. The first-order valence-corrected chi connectivity index (χ1v) is 7.79. The molecule has 0 saturated heterocycles. The van der Waals surface area contributed by atoms with Crippen LogP contribution in [0.2, 0.25) is 0 Å². The highest BCUT2D eigenvalue weighted by Gasteiger charge is 2.15. The Morgan fingerprint density at radius 2 is 1.90 bits per heavy atom. The Morgan fingerprint density at radius 1 is 1.29 bits per heavy atom. The molecule has 1 aromatic carbocycles. The summed E-state index contributed by atoms with van der Waals surface area (Å²) >= 11 is 0. The number of urea groups is 1. The van der Waals surface area contributed by atoms with E-state index in [2.05, 4.69) is 10.6 Å². The Labute approximate surface area is 124 Å². The molecule has 6 N–H and O–H groups in total. The fourth-order valence-electron chi connectivity index (χ4n) is 1.71. The fourth-order valence-corrected chi connectivity index (χ4v) is 2.55. The maximum Gasteiger partial charge on any atom is 0.316 e. The Hall–Kier alpha value is -2.00. The molecule has 0 atom stereocenters. The van der Waals surface area contributed by atoms with Crippen LogP contribution < -0.4 is 21.5 Å². The molecule has 0 aliphatic heterocycles. The van der Waals surface area contributed by atoms with Gasteiger partial charge in [0.2, 0.25) is 10.0 Å². The van der Waals surface area contributed by atoms with Crippen molar-refractivity contribution < 1.29 is 13.2 Å². The number of carbonyl (C=O) groups is 1. The van der Waals surface area contributed by atoms with E-state index >= 15 is 0 Å². The van der Waals surface area contributed by atoms with Gasteiger partial charge in [0.05, 0.1) is 4.90 Å². The van der Waals surface area contributed by atoms with Crippen LogP contribution in [0.1, 0.15) is 5.56 Å². The number of primary sulfonamides is 1. The molecule has 1 rings (SSSR count). The highest BCUT2D eigenvalue weighted by molar-refractivity contribution is 7.89. The van der Waals surface area contributed by atoms with Crippen molar-refractivity contribution >= 4 is 27.4 Å². The minimum Gasteiger partial charge on any atom is -0.399 e. The summed E-state index contributed by atoms with van der Waals surface area (Å²) in [6.07, 6.45) is 0. The van der Waals surface area contributed by atoms with E-state index in [1.807, 2.05) is 0 Å². The summed E-state index contributed by atoms with van der Waals surface area (Å²) in [6.45, 7) is 2.45. The molecule has 2 amide bonds. The van der Waals surface area contributed by atoms with Gasteiger partial charge in [0, 0.05) is 38.6 Å². The number of sulfonamides is 1. The van der Waals surface area contributed by atoms with Gasteiger partial charge in [0.15, 0.2) is 0 Å². The molecular weight excluding hydrogens is 294 g/mol. The van der Waals surface area contributed by atoms with E-state index in [9.17, 15) is 13.2 Å². The van der Waals surface area contributed by atoms with Crippen molar-refractivity contribution in [1.82, 2.24) is 10.2 Å². The number of hydrogen-bond donors (Lipinski definition) is 4. The summed E-state index contributed by atoms with van der Waals surface area (Å²) in [5.74, 6) is 0. The molecule has 0 aromatic heterocycles. The van der Waals surface area contributed by atoms with E-state index in [-0.39, 0.29) is 10.9 Å². The van der Waals surface area contributed by atoms with Crippen molar-refractivity contribution in [3.05, 3.63) is 17.7 Å². The lowest BCUT2D eigenvalue weighted by Gasteiger charge is -2.15. The van der Waals surface area contributed by atoms with Crippen LogP contribution in [0.4, 0.5) is 16.2 Å². The number of nitrogens with two attached hydrogens (primary N) is 2. The second-order valence-corrected chi connectivity index (χ2v) is 6.32. The summed E-state index contributed by atoms with van der Waals surface area (Å²) in [5, 5.41) is 10.9. The summed E-state index contributed by atoms with van der Waals surface area (Å²) in [7, 11) is -0.546. The number of nitrogens with one attached hydrogen (secondary N) is 2. The minimum atomic E-state index is -3.83. The lowest BCUT2D eigenvalue weighted by molar-refractivity contribution is 0.218.